The van der Waals surface area contributed by atoms with Gasteiger partial charge in [-0.1, -0.05) is 19.0 Å². The molecule has 0 saturated carbocycles. The molecule has 1 aliphatic heterocycles. The van der Waals surface area contributed by atoms with Crippen molar-refractivity contribution >= 4 is 5.91 Å². The summed E-state index contributed by atoms with van der Waals surface area (Å²) < 4.78 is 10.8. The van der Waals surface area contributed by atoms with Gasteiger partial charge in [-0.15, -0.1) is 0 Å². The van der Waals surface area contributed by atoms with Crippen molar-refractivity contribution in [2.24, 2.45) is 5.92 Å². The third-order valence-corrected chi connectivity index (χ3v) is 4.06. The number of nitrogens with zero attached hydrogens (tertiary/aromatic N) is 3. The summed E-state index contributed by atoms with van der Waals surface area (Å²) in [5.74, 6) is 0.943. The van der Waals surface area contributed by atoms with Crippen molar-refractivity contribution < 1.29 is 14.1 Å². The fourth-order valence-corrected chi connectivity index (χ4v) is 2.70. The molecule has 0 bridgehead atoms. The van der Waals surface area contributed by atoms with Crippen LogP contribution in [-0.4, -0.2) is 46.8 Å². The maximum absolute atomic E-state index is 12.4. The second-order valence-corrected chi connectivity index (χ2v) is 6.41. The van der Waals surface area contributed by atoms with Crippen LogP contribution in [0.5, 0.6) is 0 Å². The van der Waals surface area contributed by atoms with Gasteiger partial charge in [-0.2, -0.15) is 4.98 Å². The lowest BCUT2D eigenvalue weighted by molar-refractivity contribution is -0.123. The number of ether oxygens (including phenoxy) is 1. The first-order valence-electron chi connectivity index (χ1n) is 8.48. The molecule has 2 atom stereocenters. The number of carbonyl (C=O) groups excluding carboxylic acids is 1. The van der Waals surface area contributed by atoms with Crippen molar-refractivity contribution in [1.82, 2.24) is 25.8 Å². The van der Waals surface area contributed by atoms with Crippen molar-refractivity contribution in [3.63, 3.8) is 0 Å². The molecule has 2 unspecified atom stereocenters. The molecule has 1 saturated heterocycles. The molecule has 25 heavy (non-hydrogen) atoms. The van der Waals surface area contributed by atoms with Crippen LogP contribution in [0.1, 0.15) is 32.2 Å². The molecule has 0 aliphatic carbocycles. The van der Waals surface area contributed by atoms with Crippen LogP contribution in [-0.2, 0) is 9.53 Å². The highest BCUT2D eigenvalue weighted by Crippen LogP contribution is 2.23. The van der Waals surface area contributed by atoms with E-state index in [1.165, 1.54) is 0 Å². The molecular formula is C17H23N5O3. The molecule has 3 heterocycles. The normalized spacial score (nSPS) is 18.9. The van der Waals surface area contributed by atoms with Gasteiger partial charge in [-0.05, 0) is 18.1 Å². The topological polar surface area (TPSA) is 102 Å². The minimum Gasteiger partial charge on any atom is -0.378 e. The van der Waals surface area contributed by atoms with E-state index in [4.69, 9.17) is 9.26 Å². The SMILES string of the molecule is CC(C)C(NC(=O)CC1COCCN1)c1nc(-c2ccncc2)no1. The third-order valence-electron chi connectivity index (χ3n) is 4.06. The molecule has 0 aromatic carbocycles. The van der Waals surface area contributed by atoms with Gasteiger partial charge in [0.1, 0.15) is 6.04 Å². The highest BCUT2D eigenvalue weighted by Gasteiger charge is 2.26. The van der Waals surface area contributed by atoms with Gasteiger partial charge in [0.15, 0.2) is 0 Å². The number of rotatable bonds is 6. The third kappa shape index (κ3) is 4.61. The Bertz CT molecular complexity index is 683. The molecule has 2 N–H and O–H groups in total. The second kappa shape index (κ2) is 8.17. The zero-order valence-corrected chi connectivity index (χ0v) is 14.4. The Morgan fingerprint density at radius 2 is 2.20 bits per heavy atom. The maximum Gasteiger partial charge on any atom is 0.249 e. The van der Waals surface area contributed by atoms with Crippen LogP contribution in [0, 0.1) is 5.92 Å². The summed E-state index contributed by atoms with van der Waals surface area (Å²) in [5, 5.41) is 10.3. The van der Waals surface area contributed by atoms with Crippen LogP contribution in [0.4, 0.5) is 0 Å². The Kier molecular flexibility index (Phi) is 5.72. The summed E-state index contributed by atoms with van der Waals surface area (Å²) in [5.41, 5.74) is 0.822. The van der Waals surface area contributed by atoms with Gasteiger partial charge >= 0.3 is 0 Å². The van der Waals surface area contributed by atoms with E-state index in [0.29, 0.717) is 31.3 Å². The monoisotopic (exact) mass is 345 g/mol. The van der Waals surface area contributed by atoms with E-state index >= 15 is 0 Å². The molecule has 3 rings (SSSR count). The van der Waals surface area contributed by atoms with E-state index in [1.807, 2.05) is 26.0 Å². The van der Waals surface area contributed by atoms with Gasteiger partial charge in [0, 0.05) is 37.0 Å². The molecule has 0 radical (unpaired) electrons. The number of hydrogen-bond acceptors (Lipinski definition) is 7. The maximum atomic E-state index is 12.4. The van der Waals surface area contributed by atoms with Crippen LogP contribution >= 0.6 is 0 Å². The highest BCUT2D eigenvalue weighted by molar-refractivity contribution is 5.77. The molecule has 1 aliphatic rings. The fourth-order valence-electron chi connectivity index (χ4n) is 2.70. The molecule has 2 aromatic heterocycles. The Balaban J connectivity index is 1.66. The average molecular weight is 345 g/mol. The van der Waals surface area contributed by atoms with Crippen molar-refractivity contribution in [3.8, 4) is 11.4 Å². The highest BCUT2D eigenvalue weighted by atomic mass is 16.5. The van der Waals surface area contributed by atoms with E-state index in [0.717, 1.165) is 12.1 Å². The van der Waals surface area contributed by atoms with Gasteiger partial charge in [-0.25, -0.2) is 0 Å². The number of amides is 1. The zero-order chi connectivity index (χ0) is 17.6. The number of hydrogen-bond donors (Lipinski definition) is 2. The quantitative estimate of drug-likeness (QED) is 0.814. The van der Waals surface area contributed by atoms with Crippen molar-refractivity contribution in [2.45, 2.75) is 32.4 Å². The van der Waals surface area contributed by atoms with E-state index in [1.54, 1.807) is 12.4 Å². The molecule has 8 nitrogen and oxygen atoms in total. The number of nitrogens with one attached hydrogen (secondary N) is 2. The van der Waals surface area contributed by atoms with Crippen LogP contribution in [0.15, 0.2) is 29.0 Å². The average Bonchev–Trinajstić information content (AvgIpc) is 3.11. The lowest BCUT2D eigenvalue weighted by atomic mass is 10.0. The standard InChI is InChI=1S/C17H23N5O3/c1-11(2)15(20-14(23)9-13-10-24-8-7-19-13)17-21-16(22-25-17)12-3-5-18-6-4-12/h3-6,11,13,15,19H,7-10H2,1-2H3,(H,20,23). The van der Waals surface area contributed by atoms with Crippen LogP contribution in [0.2, 0.25) is 0 Å². The van der Waals surface area contributed by atoms with Crippen LogP contribution in [0.25, 0.3) is 11.4 Å². The Morgan fingerprint density at radius 1 is 1.40 bits per heavy atom. The minimum atomic E-state index is -0.333. The van der Waals surface area contributed by atoms with Crippen molar-refractivity contribution in [3.05, 3.63) is 30.4 Å². The summed E-state index contributed by atoms with van der Waals surface area (Å²) >= 11 is 0. The minimum absolute atomic E-state index is 0.0385. The fraction of sp³-hybridized carbons (Fsp3) is 0.529. The Morgan fingerprint density at radius 3 is 2.88 bits per heavy atom. The van der Waals surface area contributed by atoms with Crippen LogP contribution in [0.3, 0.4) is 0 Å². The summed E-state index contributed by atoms with van der Waals surface area (Å²) in [4.78, 5) is 20.8. The molecule has 0 spiro atoms. The summed E-state index contributed by atoms with van der Waals surface area (Å²) in [6, 6.07) is 3.33. The molecule has 1 amide bonds. The lowest BCUT2D eigenvalue weighted by Gasteiger charge is -2.25. The van der Waals surface area contributed by atoms with Crippen molar-refractivity contribution in [2.75, 3.05) is 19.8 Å². The summed E-state index contributed by atoms with van der Waals surface area (Å²) in [6.07, 6.45) is 3.70. The van der Waals surface area contributed by atoms with Gasteiger partial charge < -0.3 is 19.9 Å². The smallest absolute Gasteiger partial charge is 0.249 e. The lowest BCUT2D eigenvalue weighted by Crippen LogP contribution is -2.45. The predicted molar refractivity (Wildman–Crippen MR) is 90.5 cm³/mol. The van der Waals surface area contributed by atoms with Crippen LogP contribution < -0.4 is 10.6 Å². The Hall–Kier alpha value is -2.32. The first-order chi connectivity index (χ1) is 12.1. The molecule has 8 heteroatoms. The van der Waals surface area contributed by atoms with E-state index in [9.17, 15) is 4.79 Å². The molecular weight excluding hydrogens is 322 g/mol. The van der Waals surface area contributed by atoms with Gasteiger partial charge in [-0.3, -0.25) is 9.78 Å². The zero-order valence-electron chi connectivity index (χ0n) is 14.4. The first kappa shape index (κ1) is 17.5. The van der Waals surface area contributed by atoms with Gasteiger partial charge in [0.2, 0.25) is 17.6 Å². The van der Waals surface area contributed by atoms with E-state index < -0.39 is 0 Å². The molecule has 134 valence electrons. The van der Waals surface area contributed by atoms with Crippen molar-refractivity contribution in [1.29, 1.82) is 0 Å². The molecule has 1 fully saturated rings. The number of pyridine rings is 1. The Labute approximate surface area is 146 Å². The predicted octanol–water partition coefficient (Wildman–Crippen LogP) is 1.32. The second-order valence-electron chi connectivity index (χ2n) is 6.41. The first-order valence-corrected chi connectivity index (χ1v) is 8.48. The van der Waals surface area contributed by atoms with Gasteiger partial charge in [0.05, 0.1) is 13.2 Å². The number of carbonyl (C=O) groups is 1. The van der Waals surface area contributed by atoms with E-state index in [2.05, 4.69) is 25.8 Å². The molecule has 2 aromatic rings. The number of morpholine rings is 1. The summed E-state index contributed by atoms with van der Waals surface area (Å²) in [6.45, 7) is 6.01. The summed E-state index contributed by atoms with van der Waals surface area (Å²) in [7, 11) is 0. The largest absolute Gasteiger partial charge is 0.378 e. The van der Waals surface area contributed by atoms with E-state index in [-0.39, 0.29) is 23.9 Å². The van der Waals surface area contributed by atoms with Gasteiger partial charge in [0.25, 0.3) is 0 Å². The number of aromatic nitrogens is 3.